The molecule has 0 nitrogen and oxygen atoms in total. The number of hydrogen-bond donors (Lipinski definition) is 0. The second-order valence-corrected chi connectivity index (χ2v) is 7.94. The van der Waals surface area contributed by atoms with Gasteiger partial charge in [0.05, 0.1) is 0 Å². The Morgan fingerprint density at radius 3 is 2.21 bits per heavy atom. The van der Waals surface area contributed by atoms with Crippen LogP contribution in [0.15, 0.2) is 30.3 Å². The van der Waals surface area contributed by atoms with Crippen molar-refractivity contribution >= 4 is 13.3 Å². The third kappa shape index (κ3) is 3.68. The molecule has 0 fully saturated rings. The Morgan fingerprint density at radius 2 is 1.71 bits per heavy atom. The van der Waals surface area contributed by atoms with Gasteiger partial charge >= 0.3 is 18.9 Å². The maximum Gasteiger partial charge on any atom is 1.00 e. The van der Waals surface area contributed by atoms with Gasteiger partial charge in [-0.05, 0) is 0 Å². The van der Waals surface area contributed by atoms with Gasteiger partial charge in [-0.25, -0.2) is 0 Å². The summed E-state index contributed by atoms with van der Waals surface area (Å²) < 4.78 is 0. The molecule has 0 radical (unpaired) electrons. The average molecular weight is 194 g/mol. The molecule has 0 saturated heterocycles. The first-order valence-corrected chi connectivity index (χ1v) is 7.57. The van der Waals surface area contributed by atoms with Gasteiger partial charge < -0.3 is 5.92 Å². The van der Waals surface area contributed by atoms with Crippen LogP contribution < -0.4 is 24.0 Å². The van der Waals surface area contributed by atoms with E-state index in [0.717, 1.165) is 0 Å². The van der Waals surface area contributed by atoms with Crippen molar-refractivity contribution in [2.75, 3.05) is 0 Å². The van der Waals surface area contributed by atoms with Crippen LogP contribution in [0.4, 0.5) is 0 Å². The summed E-state index contributed by atoms with van der Waals surface area (Å²) in [7, 11) is -1.40. The van der Waals surface area contributed by atoms with Crippen LogP contribution in [-0.2, 0) is 0 Å². The van der Waals surface area contributed by atoms with Gasteiger partial charge in [0.15, 0.2) is 0 Å². The molecular weight excluding hydrogens is 179 g/mol. The van der Waals surface area contributed by atoms with E-state index in [4.69, 9.17) is 0 Å². The zero-order valence-corrected chi connectivity index (χ0v) is 10.5. The summed E-state index contributed by atoms with van der Waals surface area (Å²) in [5.74, 6) is 6.00. The molecule has 0 saturated carbocycles. The second-order valence-electron chi connectivity index (χ2n) is 3.63. The molecule has 1 rings (SSSR count). The fourth-order valence-corrected chi connectivity index (χ4v) is 2.93. The molecule has 0 aromatic heterocycles. The Labute approximate surface area is 100 Å². The van der Waals surface area contributed by atoms with Crippen LogP contribution >= 0.6 is 0 Å². The summed E-state index contributed by atoms with van der Waals surface area (Å²) in [4.78, 5) is 0. The summed E-state index contributed by atoms with van der Waals surface area (Å²) >= 11 is 0. The summed E-state index contributed by atoms with van der Waals surface area (Å²) in [6.07, 6.45) is 0. The topological polar surface area (TPSA) is 0 Å². The van der Waals surface area contributed by atoms with Crippen LogP contribution in [0.1, 0.15) is 6.92 Å². The maximum atomic E-state index is 3.07. The fourth-order valence-electron chi connectivity index (χ4n) is 1.20. The van der Waals surface area contributed by atoms with Crippen LogP contribution in [0.3, 0.4) is 0 Å². The molecule has 0 N–H and O–H groups in total. The van der Waals surface area contributed by atoms with Crippen molar-refractivity contribution in [3.8, 4) is 11.8 Å². The number of hydrogen-bond acceptors (Lipinski definition) is 0. The van der Waals surface area contributed by atoms with Gasteiger partial charge in [0.25, 0.3) is 0 Å². The van der Waals surface area contributed by atoms with E-state index >= 15 is 0 Å². The SMILES string of the molecule is CC#C[CH-][Si](C)(C)c1ccccc1.[Li+]. The van der Waals surface area contributed by atoms with E-state index in [9.17, 15) is 0 Å². The van der Waals surface area contributed by atoms with Gasteiger partial charge in [0.1, 0.15) is 0 Å². The third-order valence-electron chi connectivity index (χ3n) is 2.10. The first-order chi connectivity index (χ1) is 6.17. The first-order valence-electron chi connectivity index (χ1n) is 4.49. The zero-order valence-electron chi connectivity index (χ0n) is 9.46. The van der Waals surface area contributed by atoms with Gasteiger partial charge in [-0.2, -0.15) is 6.04 Å². The molecule has 1 aromatic carbocycles. The van der Waals surface area contributed by atoms with Crippen LogP contribution in [0, 0.1) is 17.9 Å². The molecule has 1 aromatic rings. The van der Waals surface area contributed by atoms with E-state index in [1.54, 1.807) is 0 Å². The molecular formula is C12H15LiSi. The van der Waals surface area contributed by atoms with E-state index in [1.807, 2.05) is 6.92 Å². The molecule has 0 bridgehead atoms. The van der Waals surface area contributed by atoms with E-state index in [2.05, 4.69) is 61.3 Å². The van der Waals surface area contributed by atoms with Crippen molar-refractivity contribution in [3.05, 3.63) is 36.4 Å². The van der Waals surface area contributed by atoms with E-state index in [1.165, 1.54) is 5.19 Å². The Kier molecular flexibility index (Phi) is 5.81. The molecule has 0 spiro atoms. The number of benzene rings is 1. The molecule has 0 aliphatic heterocycles. The van der Waals surface area contributed by atoms with Gasteiger partial charge in [-0.3, -0.25) is 5.92 Å². The fraction of sp³-hybridized carbons (Fsp3) is 0.250. The summed E-state index contributed by atoms with van der Waals surface area (Å²) in [5, 5.41) is 1.44. The average Bonchev–Trinajstić information content (AvgIpc) is 2.16. The smallest absolute Gasteiger partial charge is 0.331 e. The standard InChI is InChI=1S/C12H15Si.Li/c1-4-5-11-13(2,3)12-9-7-6-8-10-12;/h6-11H,1-3H3;/q-1;+1. The van der Waals surface area contributed by atoms with Crippen molar-refractivity contribution in [3.63, 3.8) is 0 Å². The van der Waals surface area contributed by atoms with Gasteiger partial charge in [0, 0.05) is 8.07 Å². The Hall–Kier alpha value is -0.536. The van der Waals surface area contributed by atoms with Crippen LogP contribution in [0.25, 0.3) is 0 Å². The maximum absolute atomic E-state index is 3.07. The Morgan fingerprint density at radius 1 is 1.14 bits per heavy atom. The molecule has 0 heterocycles. The zero-order chi connectivity index (χ0) is 9.73. The van der Waals surface area contributed by atoms with Crippen LogP contribution in [0.5, 0.6) is 0 Å². The Balaban J connectivity index is 0.00000169. The minimum Gasteiger partial charge on any atom is -0.331 e. The minimum atomic E-state index is -1.40. The van der Waals surface area contributed by atoms with E-state index < -0.39 is 8.07 Å². The van der Waals surface area contributed by atoms with Crippen molar-refractivity contribution < 1.29 is 18.9 Å². The van der Waals surface area contributed by atoms with Gasteiger partial charge in [0.2, 0.25) is 0 Å². The molecule has 0 amide bonds. The predicted octanol–water partition coefficient (Wildman–Crippen LogP) is -0.627. The minimum absolute atomic E-state index is 0. The molecule has 14 heavy (non-hydrogen) atoms. The van der Waals surface area contributed by atoms with E-state index in [-0.39, 0.29) is 18.9 Å². The second kappa shape index (κ2) is 6.04. The largest absolute Gasteiger partial charge is 1.00 e. The predicted molar refractivity (Wildman–Crippen MR) is 61.3 cm³/mol. The molecule has 0 aliphatic carbocycles. The summed E-state index contributed by atoms with van der Waals surface area (Å²) in [6, 6.07) is 12.8. The van der Waals surface area contributed by atoms with E-state index in [0.29, 0.717) is 0 Å². The molecule has 0 aliphatic rings. The first kappa shape index (κ1) is 13.5. The van der Waals surface area contributed by atoms with Crippen LogP contribution in [0.2, 0.25) is 13.1 Å². The molecule has 0 atom stereocenters. The van der Waals surface area contributed by atoms with Crippen molar-refractivity contribution in [1.29, 1.82) is 0 Å². The monoisotopic (exact) mass is 194 g/mol. The van der Waals surface area contributed by atoms with Gasteiger partial charge in [-0.1, -0.05) is 55.5 Å². The van der Waals surface area contributed by atoms with Gasteiger partial charge in [-0.15, -0.1) is 0 Å². The van der Waals surface area contributed by atoms with Crippen molar-refractivity contribution in [1.82, 2.24) is 0 Å². The third-order valence-corrected chi connectivity index (χ3v) is 4.78. The summed E-state index contributed by atoms with van der Waals surface area (Å²) in [5.41, 5.74) is 0. The molecule has 68 valence electrons. The Bertz CT molecular complexity index is 319. The number of rotatable bonds is 2. The van der Waals surface area contributed by atoms with Crippen molar-refractivity contribution in [2.45, 2.75) is 20.0 Å². The summed E-state index contributed by atoms with van der Waals surface area (Å²) in [6.45, 7) is 6.51. The van der Waals surface area contributed by atoms with Crippen LogP contribution in [-0.4, -0.2) is 8.07 Å². The van der Waals surface area contributed by atoms with Crippen molar-refractivity contribution in [2.24, 2.45) is 0 Å². The quantitative estimate of drug-likeness (QED) is 0.334. The normalized spacial score (nSPS) is 9.36. The molecule has 2 heteroatoms. The molecule has 0 unspecified atom stereocenters.